The Hall–Kier alpha value is -1.96. The maximum absolute atomic E-state index is 9.56. The third-order valence-corrected chi connectivity index (χ3v) is 2.02. The first-order valence-corrected chi connectivity index (χ1v) is 4.27. The van der Waals surface area contributed by atoms with Crippen LogP contribution in [0.3, 0.4) is 0 Å². The minimum atomic E-state index is -0.0313. The summed E-state index contributed by atoms with van der Waals surface area (Å²) in [5.41, 5.74) is 1.20. The van der Waals surface area contributed by atoms with Gasteiger partial charge in [0, 0.05) is 6.07 Å². The number of benzene rings is 2. The van der Waals surface area contributed by atoms with Gasteiger partial charge in [-0.3, -0.25) is 0 Å². The topological polar surface area (TPSA) is 40.5 Å². The standard InChI is InChI=1S/C12H9O2/c13-10-7-4-8-11(14)12(10)9-5-2-1-3-6-9/h1-7,13-14H. The summed E-state index contributed by atoms with van der Waals surface area (Å²) in [5.74, 6) is 0.0312. The molecule has 2 rings (SSSR count). The van der Waals surface area contributed by atoms with Crippen LogP contribution in [-0.2, 0) is 0 Å². The zero-order valence-corrected chi connectivity index (χ0v) is 7.44. The molecule has 0 spiro atoms. The third-order valence-electron chi connectivity index (χ3n) is 2.02. The zero-order chi connectivity index (χ0) is 9.97. The summed E-state index contributed by atoms with van der Waals surface area (Å²) in [6.45, 7) is 0. The van der Waals surface area contributed by atoms with E-state index in [-0.39, 0.29) is 11.5 Å². The predicted octanol–water partition coefficient (Wildman–Crippen LogP) is 2.56. The zero-order valence-electron chi connectivity index (χ0n) is 7.44. The van der Waals surface area contributed by atoms with Crippen molar-refractivity contribution in [3.05, 3.63) is 48.5 Å². The van der Waals surface area contributed by atoms with E-state index >= 15 is 0 Å². The van der Waals surface area contributed by atoms with Crippen LogP contribution < -0.4 is 0 Å². The molecule has 0 atom stereocenters. The molecule has 69 valence electrons. The number of phenolic OH excluding ortho intramolecular Hbond substituents is 2. The Morgan fingerprint density at radius 1 is 0.929 bits per heavy atom. The van der Waals surface area contributed by atoms with Crippen molar-refractivity contribution in [1.82, 2.24) is 0 Å². The van der Waals surface area contributed by atoms with Crippen molar-refractivity contribution in [3.63, 3.8) is 0 Å². The van der Waals surface area contributed by atoms with E-state index in [4.69, 9.17) is 0 Å². The Labute approximate surface area is 82.1 Å². The fraction of sp³-hybridized carbons (Fsp3) is 0. The number of hydrogen-bond acceptors (Lipinski definition) is 2. The van der Waals surface area contributed by atoms with E-state index in [1.165, 1.54) is 12.1 Å². The van der Waals surface area contributed by atoms with Crippen molar-refractivity contribution >= 4 is 0 Å². The fourth-order valence-electron chi connectivity index (χ4n) is 1.37. The predicted molar refractivity (Wildman–Crippen MR) is 54.0 cm³/mol. The van der Waals surface area contributed by atoms with Crippen LogP contribution in [0.4, 0.5) is 0 Å². The van der Waals surface area contributed by atoms with Gasteiger partial charge < -0.3 is 10.2 Å². The van der Waals surface area contributed by atoms with E-state index in [9.17, 15) is 10.2 Å². The normalized spacial score (nSPS) is 10.0. The monoisotopic (exact) mass is 185 g/mol. The molecule has 0 saturated carbocycles. The Morgan fingerprint density at radius 2 is 1.64 bits per heavy atom. The highest BCUT2D eigenvalue weighted by Gasteiger charge is 2.08. The van der Waals surface area contributed by atoms with Gasteiger partial charge in [0.05, 0.1) is 5.56 Å². The van der Waals surface area contributed by atoms with Crippen LogP contribution >= 0.6 is 0 Å². The smallest absolute Gasteiger partial charge is 0.135 e. The second kappa shape index (κ2) is 3.42. The van der Waals surface area contributed by atoms with Gasteiger partial charge in [0.1, 0.15) is 11.5 Å². The van der Waals surface area contributed by atoms with Gasteiger partial charge in [0.15, 0.2) is 0 Å². The molecule has 0 amide bonds. The molecule has 0 aliphatic rings. The third kappa shape index (κ3) is 1.42. The summed E-state index contributed by atoms with van der Waals surface area (Å²) in [6.07, 6.45) is 0. The lowest BCUT2D eigenvalue weighted by Crippen LogP contribution is -1.79. The van der Waals surface area contributed by atoms with Crippen molar-refractivity contribution in [2.45, 2.75) is 0 Å². The molecule has 0 aliphatic carbocycles. The van der Waals surface area contributed by atoms with Gasteiger partial charge in [-0.2, -0.15) is 0 Å². The summed E-state index contributed by atoms with van der Waals surface area (Å²) >= 11 is 0. The average Bonchev–Trinajstić information content (AvgIpc) is 2.19. The van der Waals surface area contributed by atoms with Gasteiger partial charge in [-0.1, -0.05) is 30.3 Å². The molecule has 1 radical (unpaired) electrons. The fourth-order valence-corrected chi connectivity index (χ4v) is 1.37. The summed E-state index contributed by atoms with van der Waals surface area (Å²) in [4.78, 5) is 0. The molecule has 2 aromatic rings. The second-order valence-corrected chi connectivity index (χ2v) is 2.95. The largest absolute Gasteiger partial charge is 0.507 e. The number of rotatable bonds is 1. The Kier molecular flexibility index (Phi) is 2.11. The molecular weight excluding hydrogens is 176 g/mol. The molecule has 14 heavy (non-hydrogen) atoms. The highest BCUT2D eigenvalue weighted by molar-refractivity contribution is 5.75. The van der Waals surface area contributed by atoms with Crippen LogP contribution in [0.2, 0.25) is 0 Å². The lowest BCUT2D eigenvalue weighted by atomic mass is 10.0. The van der Waals surface area contributed by atoms with Gasteiger partial charge in [-0.05, 0) is 17.7 Å². The minimum absolute atomic E-state index is 0.0313. The van der Waals surface area contributed by atoms with Gasteiger partial charge in [0.25, 0.3) is 0 Å². The summed E-state index contributed by atoms with van der Waals surface area (Å²) in [5, 5.41) is 19.1. The molecule has 2 N–H and O–H groups in total. The highest BCUT2D eigenvalue weighted by atomic mass is 16.3. The van der Waals surface area contributed by atoms with Gasteiger partial charge in [-0.25, -0.2) is 0 Å². The maximum Gasteiger partial charge on any atom is 0.135 e. The number of aromatic hydroxyl groups is 2. The lowest BCUT2D eigenvalue weighted by Gasteiger charge is -2.05. The molecule has 0 fully saturated rings. The van der Waals surface area contributed by atoms with Crippen molar-refractivity contribution in [1.29, 1.82) is 0 Å². The van der Waals surface area contributed by atoms with Crippen LogP contribution in [-0.4, -0.2) is 10.2 Å². The number of phenols is 2. The maximum atomic E-state index is 9.56. The molecule has 0 aliphatic heterocycles. The van der Waals surface area contributed by atoms with E-state index in [0.29, 0.717) is 5.56 Å². The Balaban J connectivity index is 2.63. The first-order valence-electron chi connectivity index (χ1n) is 4.27. The first-order chi connectivity index (χ1) is 6.79. The van der Waals surface area contributed by atoms with Crippen molar-refractivity contribution in [2.75, 3.05) is 0 Å². The summed E-state index contributed by atoms with van der Waals surface area (Å²) < 4.78 is 0. The lowest BCUT2D eigenvalue weighted by molar-refractivity contribution is 0.453. The average molecular weight is 185 g/mol. The summed E-state index contributed by atoms with van der Waals surface area (Å²) in [7, 11) is 0. The van der Waals surface area contributed by atoms with Crippen LogP contribution in [0.1, 0.15) is 0 Å². The number of hydrogen-bond donors (Lipinski definition) is 2. The molecular formula is C12H9O2. The first kappa shape index (κ1) is 8.63. The van der Waals surface area contributed by atoms with Gasteiger partial charge in [0.2, 0.25) is 0 Å². The van der Waals surface area contributed by atoms with E-state index in [2.05, 4.69) is 6.07 Å². The quantitative estimate of drug-likeness (QED) is 0.716. The van der Waals surface area contributed by atoms with Gasteiger partial charge >= 0.3 is 0 Å². The van der Waals surface area contributed by atoms with Crippen molar-refractivity contribution in [2.24, 2.45) is 0 Å². The molecule has 0 saturated heterocycles. The van der Waals surface area contributed by atoms with E-state index in [0.717, 1.165) is 5.56 Å². The molecule has 0 aromatic heterocycles. The van der Waals surface area contributed by atoms with Crippen molar-refractivity contribution in [3.8, 4) is 22.6 Å². The van der Waals surface area contributed by atoms with Crippen LogP contribution in [0.5, 0.6) is 11.5 Å². The Morgan fingerprint density at radius 3 is 2.29 bits per heavy atom. The second-order valence-electron chi connectivity index (χ2n) is 2.95. The Bertz CT molecular complexity index is 415. The van der Waals surface area contributed by atoms with Crippen molar-refractivity contribution < 1.29 is 10.2 Å². The molecule has 2 aromatic carbocycles. The van der Waals surface area contributed by atoms with Crippen LogP contribution in [0.25, 0.3) is 11.1 Å². The molecule has 2 nitrogen and oxygen atoms in total. The molecule has 0 bridgehead atoms. The van der Waals surface area contributed by atoms with Crippen LogP contribution in [0, 0.1) is 6.07 Å². The van der Waals surface area contributed by atoms with Gasteiger partial charge in [-0.15, -0.1) is 0 Å². The SMILES string of the molecule is Oc1[c]ccc(O)c1-c1ccccc1. The molecule has 0 unspecified atom stereocenters. The van der Waals surface area contributed by atoms with E-state index in [1.54, 1.807) is 0 Å². The molecule has 2 heteroatoms. The highest BCUT2D eigenvalue weighted by Crippen LogP contribution is 2.35. The van der Waals surface area contributed by atoms with E-state index in [1.807, 2.05) is 30.3 Å². The minimum Gasteiger partial charge on any atom is -0.507 e. The van der Waals surface area contributed by atoms with E-state index < -0.39 is 0 Å². The summed E-state index contributed by atoms with van der Waals surface area (Å²) in [6, 6.07) is 14.8. The molecule has 0 heterocycles. The van der Waals surface area contributed by atoms with Crippen LogP contribution in [0.15, 0.2) is 42.5 Å².